The van der Waals surface area contributed by atoms with Gasteiger partial charge in [-0.25, -0.2) is 0 Å². The molecule has 1 aliphatic heterocycles. The van der Waals surface area contributed by atoms with Gasteiger partial charge in [0.15, 0.2) is 22.9 Å². The molecule has 0 spiro atoms. The van der Waals surface area contributed by atoms with Crippen molar-refractivity contribution in [3.05, 3.63) is 84.6 Å². The van der Waals surface area contributed by atoms with E-state index in [9.17, 15) is 4.79 Å². The summed E-state index contributed by atoms with van der Waals surface area (Å²) in [6.45, 7) is 6.50. The SMILES string of the molecule is C=C(OC1=CCN=C(NC(=O)c2c(OCC)cnn2-c2ccco2)C=C1)c1ccc(OC)c(OC)c1. The maximum atomic E-state index is 13.2. The molecule has 2 aromatic heterocycles. The standard InChI is InChI=1S/C26H26N4O6/c1-5-34-22-16-28-30(24-7-6-14-35-24)25(22)26(31)29-23-11-9-19(12-13-27-23)36-17(2)18-8-10-20(32-3)21(15-18)33-4/h6-12,14-16H,2,5,13H2,1,3-4H3,(H,27,29,31). The van der Waals surface area contributed by atoms with Crippen molar-refractivity contribution in [1.82, 2.24) is 15.1 Å². The summed E-state index contributed by atoms with van der Waals surface area (Å²) in [6.07, 6.45) is 8.09. The van der Waals surface area contributed by atoms with Crippen molar-refractivity contribution in [3.63, 3.8) is 0 Å². The largest absolute Gasteiger partial charge is 0.493 e. The molecule has 1 aromatic carbocycles. The van der Waals surface area contributed by atoms with Gasteiger partial charge in [-0.3, -0.25) is 9.79 Å². The molecule has 1 aliphatic rings. The zero-order valence-corrected chi connectivity index (χ0v) is 20.2. The van der Waals surface area contributed by atoms with Crippen LogP contribution >= 0.6 is 0 Å². The van der Waals surface area contributed by atoms with E-state index < -0.39 is 5.91 Å². The van der Waals surface area contributed by atoms with Crippen LogP contribution in [0.15, 0.2) is 82.8 Å². The Morgan fingerprint density at radius 1 is 1.17 bits per heavy atom. The second-order valence-corrected chi connectivity index (χ2v) is 7.37. The van der Waals surface area contributed by atoms with Gasteiger partial charge in [-0.1, -0.05) is 6.58 Å². The first-order valence-electron chi connectivity index (χ1n) is 11.1. The topological polar surface area (TPSA) is 109 Å². The number of nitrogens with zero attached hydrogens (tertiary/aromatic N) is 3. The number of rotatable bonds is 9. The van der Waals surface area contributed by atoms with Crippen molar-refractivity contribution in [2.45, 2.75) is 6.92 Å². The van der Waals surface area contributed by atoms with Gasteiger partial charge in [0, 0.05) is 11.6 Å². The van der Waals surface area contributed by atoms with Crippen LogP contribution in [0.2, 0.25) is 0 Å². The molecule has 0 saturated heterocycles. The summed E-state index contributed by atoms with van der Waals surface area (Å²) >= 11 is 0. The van der Waals surface area contributed by atoms with Crippen molar-refractivity contribution < 1.29 is 28.2 Å². The Morgan fingerprint density at radius 2 is 2.00 bits per heavy atom. The molecule has 0 aliphatic carbocycles. The summed E-state index contributed by atoms with van der Waals surface area (Å²) in [7, 11) is 3.14. The average Bonchev–Trinajstić information content (AvgIpc) is 3.51. The number of nitrogens with one attached hydrogen (secondary N) is 1. The number of carbonyl (C=O) groups is 1. The van der Waals surface area contributed by atoms with E-state index >= 15 is 0 Å². The summed E-state index contributed by atoms with van der Waals surface area (Å²) in [6, 6.07) is 8.79. The van der Waals surface area contributed by atoms with E-state index in [-0.39, 0.29) is 12.2 Å². The Hall–Kier alpha value is -4.73. The third-order valence-corrected chi connectivity index (χ3v) is 5.11. The number of allylic oxidation sites excluding steroid dienone is 1. The highest BCUT2D eigenvalue weighted by molar-refractivity contribution is 6.11. The lowest BCUT2D eigenvalue weighted by Crippen LogP contribution is -2.31. The van der Waals surface area contributed by atoms with Gasteiger partial charge in [0.1, 0.15) is 17.4 Å². The van der Waals surface area contributed by atoms with Gasteiger partial charge in [-0.05, 0) is 49.4 Å². The molecule has 186 valence electrons. The van der Waals surface area contributed by atoms with E-state index in [0.717, 1.165) is 5.56 Å². The molecule has 3 aromatic rings. The Balaban J connectivity index is 1.45. The first-order chi connectivity index (χ1) is 17.5. The minimum atomic E-state index is -0.449. The van der Waals surface area contributed by atoms with Gasteiger partial charge in [-0.15, -0.1) is 0 Å². The summed E-state index contributed by atoms with van der Waals surface area (Å²) < 4.78 is 28.9. The van der Waals surface area contributed by atoms with Gasteiger partial charge in [0.2, 0.25) is 5.88 Å². The number of methoxy groups -OCH3 is 2. The van der Waals surface area contributed by atoms with Crippen molar-refractivity contribution in [2.24, 2.45) is 4.99 Å². The van der Waals surface area contributed by atoms with Crippen molar-refractivity contribution in [1.29, 1.82) is 0 Å². The van der Waals surface area contributed by atoms with Crippen LogP contribution in [-0.4, -0.2) is 48.9 Å². The third-order valence-electron chi connectivity index (χ3n) is 5.11. The first-order valence-corrected chi connectivity index (χ1v) is 11.1. The second-order valence-electron chi connectivity index (χ2n) is 7.37. The number of ether oxygens (including phenoxy) is 4. The molecule has 1 amide bonds. The number of hydrogen-bond acceptors (Lipinski definition) is 8. The van der Waals surface area contributed by atoms with Crippen LogP contribution in [0, 0.1) is 0 Å². The van der Waals surface area contributed by atoms with E-state index in [2.05, 4.69) is 22.0 Å². The van der Waals surface area contributed by atoms with Crippen LogP contribution in [0.1, 0.15) is 23.0 Å². The molecular formula is C26H26N4O6. The fourth-order valence-corrected chi connectivity index (χ4v) is 3.42. The van der Waals surface area contributed by atoms with Crippen LogP contribution in [0.5, 0.6) is 17.2 Å². The molecule has 3 heterocycles. The summed E-state index contributed by atoms with van der Waals surface area (Å²) in [4.78, 5) is 17.6. The maximum Gasteiger partial charge on any atom is 0.279 e. The summed E-state index contributed by atoms with van der Waals surface area (Å²) in [5, 5.41) is 7.02. The number of benzene rings is 1. The molecule has 36 heavy (non-hydrogen) atoms. The fourth-order valence-electron chi connectivity index (χ4n) is 3.42. The first kappa shape index (κ1) is 24.4. The predicted octanol–water partition coefficient (Wildman–Crippen LogP) is 4.15. The normalized spacial score (nSPS) is 12.8. The van der Waals surface area contributed by atoms with Crippen molar-refractivity contribution in [3.8, 4) is 23.1 Å². The highest BCUT2D eigenvalue weighted by Gasteiger charge is 2.23. The number of aromatic nitrogens is 2. The quantitative estimate of drug-likeness (QED) is 0.449. The van der Waals surface area contributed by atoms with E-state index in [4.69, 9.17) is 23.4 Å². The Bertz CT molecular complexity index is 1330. The zero-order chi connectivity index (χ0) is 25.5. The van der Waals surface area contributed by atoms with Gasteiger partial charge >= 0.3 is 0 Å². The summed E-state index contributed by atoms with van der Waals surface area (Å²) in [5.74, 6) is 2.74. The van der Waals surface area contributed by atoms with Crippen LogP contribution in [0.3, 0.4) is 0 Å². The molecule has 0 bridgehead atoms. The minimum Gasteiger partial charge on any atom is -0.493 e. The number of furan rings is 1. The lowest BCUT2D eigenvalue weighted by atomic mass is 10.1. The Morgan fingerprint density at radius 3 is 2.72 bits per heavy atom. The van der Waals surface area contributed by atoms with E-state index in [1.807, 2.05) is 13.0 Å². The van der Waals surface area contributed by atoms with Crippen molar-refractivity contribution >= 4 is 17.5 Å². The average molecular weight is 491 g/mol. The Labute approximate surface area is 208 Å². The van der Waals surface area contributed by atoms with Gasteiger partial charge in [0.25, 0.3) is 5.91 Å². The van der Waals surface area contributed by atoms with Gasteiger partial charge in [0.05, 0.1) is 39.8 Å². The number of amides is 1. The number of aliphatic imine (C=N–C) groups is 1. The molecule has 10 heteroatoms. The zero-order valence-electron chi connectivity index (χ0n) is 20.2. The number of hydrogen-bond donors (Lipinski definition) is 1. The third kappa shape index (κ3) is 5.33. The molecule has 1 N–H and O–H groups in total. The van der Waals surface area contributed by atoms with E-state index in [1.54, 1.807) is 56.7 Å². The van der Waals surface area contributed by atoms with E-state index in [0.29, 0.717) is 47.1 Å². The molecule has 0 atom stereocenters. The molecule has 10 nitrogen and oxygen atoms in total. The van der Waals surface area contributed by atoms with Crippen LogP contribution in [-0.2, 0) is 4.74 Å². The lowest BCUT2D eigenvalue weighted by molar-refractivity contribution is 0.0965. The molecule has 0 unspecified atom stereocenters. The minimum absolute atomic E-state index is 0.193. The van der Waals surface area contributed by atoms with Crippen LogP contribution < -0.4 is 19.5 Å². The lowest BCUT2D eigenvalue weighted by Gasteiger charge is -2.12. The van der Waals surface area contributed by atoms with Gasteiger partial charge < -0.3 is 28.7 Å². The summed E-state index contributed by atoms with van der Waals surface area (Å²) in [5.41, 5.74) is 0.925. The predicted molar refractivity (Wildman–Crippen MR) is 134 cm³/mol. The number of carbonyl (C=O) groups excluding carboxylic acids is 1. The maximum absolute atomic E-state index is 13.2. The molecule has 4 rings (SSSR count). The second kappa shape index (κ2) is 11.1. The number of amidine groups is 1. The molecule has 0 saturated carbocycles. The van der Waals surface area contributed by atoms with Crippen LogP contribution in [0.4, 0.5) is 0 Å². The Kier molecular flexibility index (Phi) is 7.54. The monoisotopic (exact) mass is 490 g/mol. The fraction of sp³-hybridized carbons (Fsp3) is 0.192. The van der Waals surface area contributed by atoms with Gasteiger partial charge in [-0.2, -0.15) is 9.78 Å². The van der Waals surface area contributed by atoms with Crippen LogP contribution in [0.25, 0.3) is 11.6 Å². The molecule has 0 fully saturated rings. The smallest absolute Gasteiger partial charge is 0.279 e. The highest BCUT2D eigenvalue weighted by atomic mass is 16.5. The molecule has 0 radical (unpaired) electrons. The molecular weight excluding hydrogens is 464 g/mol. The highest BCUT2D eigenvalue weighted by Crippen LogP contribution is 2.31. The van der Waals surface area contributed by atoms with E-state index in [1.165, 1.54) is 17.1 Å². The van der Waals surface area contributed by atoms with Crippen molar-refractivity contribution in [2.75, 3.05) is 27.4 Å².